The van der Waals surface area contributed by atoms with Crippen LogP contribution in [0, 0.1) is 56.2 Å². The average Bonchev–Trinajstić information content (AvgIpc) is 2.79. The molecule has 33 heavy (non-hydrogen) atoms. The molecule has 0 aromatic rings. The van der Waals surface area contributed by atoms with E-state index in [1.807, 2.05) is 0 Å². The lowest BCUT2D eigenvalue weighted by Crippen LogP contribution is -2.68. The molecular formula is C30H50O3. The summed E-state index contributed by atoms with van der Waals surface area (Å²) in [5, 5.41) is 21.0. The minimum atomic E-state index is -0.00432. The number of carbonyl (C=O) groups excluding carboxylic acids is 1. The normalized spacial score (nSPS) is 58.6. The smallest absolute Gasteiger partial charge is 0.136 e. The van der Waals surface area contributed by atoms with Crippen LogP contribution in [0.3, 0.4) is 0 Å². The molecule has 0 saturated heterocycles. The quantitative estimate of drug-likeness (QED) is 0.503. The summed E-state index contributed by atoms with van der Waals surface area (Å²) < 4.78 is 0. The van der Waals surface area contributed by atoms with Gasteiger partial charge in [0.2, 0.25) is 0 Å². The fraction of sp³-hybridized carbons (Fsp3) is 0.967. The van der Waals surface area contributed by atoms with E-state index in [2.05, 4.69) is 41.5 Å². The van der Waals surface area contributed by atoms with Gasteiger partial charge in [0.1, 0.15) is 5.78 Å². The number of carbonyl (C=O) groups is 1. The van der Waals surface area contributed by atoms with Crippen molar-refractivity contribution in [3.05, 3.63) is 0 Å². The van der Waals surface area contributed by atoms with Crippen molar-refractivity contribution in [2.75, 3.05) is 13.2 Å². The van der Waals surface area contributed by atoms with Crippen LogP contribution < -0.4 is 0 Å². The third-order valence-corrected chi connectivity index (χ3v) is 14.0. The Morgan fingerprint density at radius 3 is 2.03 bits per heavy atom. The molecule has 2 N–H and O–H groups in total. The maximum atomic E-state index is 12.7. The second kappa shape index (κ2) is 7.31. The Labute approximate surface area is 202 Å². The summed E-state index contributed by atoms with van der Waals surface area (Å²) in [6.45, 7) is 15.4. The van der Waals surface area contributed by atoms with E-state index in [0.717, 1.165) is 38.5 Å². The fourth-order valence-corrected chi connectivity index (χ4v) is 11.3. The first kappa shape index (κ1) is 24.3. The SMILES string of the molecule is C[C@H]1C(=O)CC[C@H]2[C@]3(C)CC[C@@]4(C)[C@@H]5C[C@](C)(CO)CC[C@]5(CO)CCC4(C)[C@H]3CC[C@@]21C. The van der Waals surface area contributed by atoms with E-state index in [0.29, 0.717) is 35.6 Å². The van der Waals surface area contributed by atoms with Gasteiger partial charge in [-0.3, -0.25) is 4.79 Å². The summed E-state index contributed by atoms with van der Waals surface area (Å²) >= 11 is 0. The van der Waals surface area contributed by atoms with Crippen molar-refractivity contribution in [1.29, 1.82) is 0 Å². The van der Waals surface area contributed by atoms with E-state index in [4.69, 9.17) is 0 Å². The van der Waals surface area contributed by atoms with Crippen LogP contribution in [0.2, 0.25) is 0 Å². The Balaban J connectivity index is 1.55. The van der Waals surface area contributed by atoms with E-state index in [1.54, 1.807) is 0 Å². The van der Waals surface area contributed by atoms with Gasteiger partial charge < -0.3 is 10.2 Å². The van der Waals surface area contributed by atoms with Crippen molar-refractivity contribution in [2.24, 2.45) is 56.2 Å². The monoisotopic (exact) mass is 458 g/mol. The number of hydrogen-bond acceptors (Lipinski definition) is 3. The van der Waals surface area contributed by atoms with Gasteiger partial charge in [-0.25, -0.2) is 0 Å². The zero-order valence-electron chi connectivity index (χ0n) is 22.3. The fourth-order valence-electron chi connectivity index (χ4n) is 11.3. The molecule has 0 heterocycles. The standard InChI is InChI=1S/C30H50O3/c1-20-21(33)7-8-22-26(20,3)10-9-23-27(22,4)12-13-29(6)24-17-25(2,18-31)11-15-30(24,19-32)16-14-28(23,29)5/h20,22-24,31-32H,7-19H2,1-6H3/t20-,22+,23-,24-,25+,26+,27-,28?,29-,30+/m0/s1. The minimum Gasteiger partial charge on any atom is -0.396 e. The third-order valence-electron chi connectivity index (χ3n) is 14.0. The van der Waals surface area contributed by atoms with E-state index < -0.39 is 0 Å². The number of aliphatic hydroxyl groups excluding tert-OH is 2. The lowest BCUT2D eigenvalue weighted by Gasteiger charge is -2.75. The van der Waals surface area contributed by atoms with Gasteiger partial charge in [0.05, 0.1) is 0 Å². The largest absolute Gasteiger partial charge is 0.396 e. The number of aliphatic hydroxyl groups is 2. The first-order valence-electron chi connectivity index (χ1n) is 14.1. The molecule has 0 amide bonds. The molecule has 0 bridgehead atoms. The molecule has 0 aromatic carbocycles. The molecule has 5 aliphatic rings. The van der Waals surface area contributed by atoms with Gasteiger partial charge in [0, 0.05) is 25.6 Å². The minimum absolute atomic E-state index is 0.00432. The van der Waals surface area contributed by atoms with Crippen LogP contribution >= 0.6 is 0 Å². The van der Waals surface area contributed by atoms with Gasteiger partial charge in [0.25, 0.3) is 0 Å². The van der Waals surface area contributed by atoms with Crippen molar-refractivity contribution < 1.29 is 15.0 Å². The maximum Gasteiger partial charge on any atom is 0.136 e. The van der Waals surface area contributed by atoms with Gasteiger partial charge in [-0.2, -0.15) is 0 Å². The van der Waals surface area contributed by atoms with Crippen LogP contribution in [0.5, 0.6) is 0 Å². The molecule has 5 fully saturated rings. The van der Waals surface area contributed by atoms with E-state index in [9.17, 15) is 15.0 Å². The highest BCUT2D eigenvalue weighted by Gasteiger charge is 2.71. The molecule has 0 radical (unpaired) electrons. The lowest BCUT2D eigenvalue weighted by molar-refractivity contribution is -0.264. The van der Waals surface area contributed by atoms with Crippen molar-refractivity contribution >= 4 is 5.78 Å². The first-order chi connectivity index (χ1) is 15.3. The second-order valence-corrected chi connectivity index (χ2v) is 15.0. The van der Waals surface area contributed by atoms with Gasteiger partial charge >= 0.3 is 0 Å². The summed E-state index contributed by atoms with van der Waals surface area (Å²) in [5.74, 6) is 2.53. The molecule has 5 saturated carbocycles. The third kappa shape index (κ3) is 2.90. The number of hydrogen-bond donors (Lipinski definition) is 2. The molecule has 5 aliphatic carbocycles. The Morgan fingerprint density at radius 2 is 1.36 bits per heavy atom. The highest BCUT2D eigenvalue weighted by atomic mass is 16.3. The molecule has 0 aromatic heterocycles. The Kier molecular flexibility index (Phi) is 5.38. The summed E-state index contributed by atoms with van der Waals surface area (Å²) in [5.41, 5.74) is 0.988. The first-order valence-corrected chi connectivity index (χ1v) is 14.1. The van der Waals surface area contributed by atoms with Crippen LogP contribution in [0.1, 0.15) is 112 Å². The summed E-state index contributed by atoms with van der Waals surface area (Å²) in [6, 6.07) is 0. The van der Waals surface area contributed by atoms with Crippen LogP contribution in [0.4, 0.5) is 0 Å². The van der Waals surface area contributed by atoms with Gasteiger partial charge in [-0.1, -0.05) is 41.5 Å². The summed E-state index contributed by atoms with van der Waals surface area (Å²) in [7, 11) is 0. The topological polar surface area (TPSA) is 57.5 Å². The average molecular weight is 459 g/mol. The number of ketones is 1. The molecule has 0 aliphatic heterocycles. The molecular weight excluding hydrogens is 408 g/mol. The molecule has 3 nitrogen and oxygen atoms in total. The van der Waals surface area contributed by atoms with Gasteiger partial charge in [0.15, 0.2) is 0 Å². The maximum absolute atomic E-state index is 12.7. The highest BCUT2D eigenvalue weighted by Crippen LogP contribution is 2.78. The van der Waals surface area contributed by atoms with Crippen LogP contribution in [0.25, 0.3) is 0 Å². The van der Waals surface area contributed by atoms with E-state index in [-0.39, 0.29) is 39.6 Å². The van der Waals surface area contributed by atoms with Gasteiger partial charge in [-0.15, -0.1) is 0 Å². The molecule has 10 atom stereocenters. The molecule has 3 heteroatoms. The zero-order chi connectivity index (χ0) is 24.1. The zero-order valence-corrected chi connectivity index (χ0v) is 22.3. The Bertz CT molecular complexity index is 823. The number of fused-ring (bicyclic) bond motifs is 7. The molecule has 1 unspecified atom stereocenters. The Morgan fingerprint density at radius 1 is 0.727 bits per heavy atom. The predicted octanol–water partition coefficient (Wildman–Crippen LogP) is 6.40. The lowest BCUT2D eigenvalue weighted by atomic mass is 9.30. The van der Waals surface area contributed by atoms with E-state index in [1.165, 1.54) is 32.1 Å². The molecule has 188 valence electrons. The predicted molar refractivity (Wildman–Crippen MR) is 133 cm³/mol. The van der Waals surface area contributed by atoms with Gasteiger partial charge in [-0.05, 0) is 114 Å². The van der Waals surface area contributed by atoms with Crippen LogP contribution in [-0.4, -0.2) is 29.2 Å². The second-order valence-electron chi connectivity index (χ2n) is 15.0. The van der Waals surface area contributed by atoms with Crippen molar-refractivity contribution in [3.63, 3.8) is 0 Å². The van der Waals surface area contributed by atoms with Crippen LogP contribution in [0.15, 0.2) is 0 Å². The van der Waals surface area contributed by atoms with E-state index >= 15 is 0 Å². The van der Waals surface area contributed by atoms with Crippen molar-refractivity contribution in [1.82, 2.24) is 0 Å². The summed E-state index contributed by atoms with van der Waals surface area (Å²) in [4.78, 5) is 12.7. The Hall–Kier alpha value is -0.410. The molecule has 0 spiro atoms. The van der Waals surface area contributed by atoms with Crippen LogP contribution in [-0.2, 0) is 4.79 Å². The number of Topliss-reactive ketones (excluding diaryl/α,β-unsaturated/α-hetero) is 1. The van der Waals surface area contributed by atoms with Crippen molar-refractivity contribution in [2.45, 2.75) is 112 Å². The summed E-state index contributed by atoms with van der Waals surface area (Å²) in [6.07, 6.45) is 12.4. The molecule has 5 rings (SSSR count). The highest BCUT2D eigenvalue weighted by molar-refractivity contribution is 5.82. The number of rotatable bonds is 2. The van der Waals surface area contributed by atoms with Crippen molar-refractivity contribution in [3.8, 4) is 0 Å².